The van der Waals surface area contributed by atoms with Crippen LogP contribution in [-0.4, -0.2) is 24.6 Å². The van der Waals surface area contributed by atoms with Gasteiger partial charge < -0.3 is 14.8 Å². The van der Waals surface area contributed by atoms with Gasteiger partial charge in [-0.05, 0) is 68.0 Å². The summed E-state index contributed by atoms with van der Waals surface area (Å²) in [5.41, 5.74) is 2.84. The monoisotopic (exact) mass is 389 g/mol. The molecule has 0 unspecified atom stereocenters. The Morgan fingerprint density at radius 1 is 1.04 bits per heavy atom. The molecule has 0 aliphatic heterocycles. The lowest BCUT2D eigenvalue weighted by molar-refractivity contribution is -0.123. The zero-order chi connectivity index (χ0) is 20.1. The number of hydrogen-bond donors (Lipinski definition) is 1. The van der Waals surface area contributed by atoms with Crippen molar-refractivity contribution < 1.29 is 27.8 Å². The molecule has 1 aliphatic carbocycles. The molecular weight excluding hydrogens is 368 g/mol. The highest BCUT2D eigenvalue weighted by molar-refractivity contribution is 5.98. The lowest BCUT2D eigenvalue weighted by Crippen LogP contribution is -2.30. The van der Waals surface area contributed by atoms with Crippen molar-refractivity contribution in [3.05, 3.63) is 59.2 Å². The van der Waals surface area contributed by atoms with Crippen LogP contribution in [0.15, 0.2) is 42.5 Å². The third kappa shape index (κ3) is 4.85. The number of para-hydroxylation sites is 2. The molecule has 1 N–H and O–H groups in total. The Bertz CT molecular complexity index is 869. The summed E-state index contributed by atoms with van der Waals surface area (Å²) in [6.45, 7) is -1.60. The van der Waals surface area contributed by atoms with Crippen LogP contribution in [0.4, 0.5) is 14.5 Å². The van der Waals surface area contributed by atoms with Gasteiger partial charge in [-0.15, -0.1) is 0 Å². The summed E-state index contributed by atoms with van der Waals surface area (Å²) in [6.07, 6.45) is 3.05. The molecule has 3 rings (SSSR count). The third-order valence-electron chi connectivity index (χ3n) is 4.60. The second-order valence-electron chi connectivity index (χ2n) is 6.60. The number of hydrogen-bond acceptors (Lipinski definition) is 4. The zero-order valence-corrected chi connectivity index (χ0v) is 15.4. The van der Waals surface area contributed by atoms with Crippen LogP contribution in [0.25, 0.3) is 0 Å². The van der Waals surface area contributed by atoms with E-state index in [1.54, 1.807) is 12.1 Å². The van der Waals surface area contributed by atoms with Crippen molar-refractivity contribution in [2.45, 2.75) is 45.3 Å². The summed E-state index contributed by atoms with van der Waals surface area (Å²) in [5.74, 6) is -1.41. The van der Waals surface area contributed by atoms with Crippen LogP contribution >= 0.6 is 0 Å². The number of halogens is 2. The number of rotatable bonds is 6. The molecule has 1 aliphatic rings. The van der Waals surface area contributed by atoms with Crippen LogP contribution in [0.5, 0.6) is 5.75 Å². The molecule has 2 aromatic carbocycles. The molecule has 1 amide bonds. The summed E-state index contributed by atoms with van der Waals surface area (Å²) in [5, 5.41) is 2.45. The summed E-state index contributed by atoms with van der Waals surface area (Å²) in [6, 6.07) is 11.2. The van der Waals surface area contributed by atoms with Gasteiger partial charge in [0.1, 0.15) is 5.75 Å². The fourth-order valence-corrected chi connectivity index (χ4v) is 3.15. The molecule has 2 aromatic rings. The minimum Gasteiger partial charge on any atom is -0.449 e. The van der Waals surface area contributed by atoms with Crippen molar-refractivity contribution in [2.75, 3.05) is 5.32 Å². The minimum atomic E-state index is -3.02. The number of nitrogens with one attached hydrogen (secondary N) is 1. The Morgan fingerprint density at radius 2 is 1.75 bits per heavy atom. The highest BCUT2D eigenvalue weighted by atomic mass is 19.3. The van der Waals surface area contributed by atoms with Crippen molar-refractivity contribution >= 4 is 17.6 Å². The van der Waals surface area contributed by atoms with E-state index >= 15 is 0 Å². The number of esters is 1. The normalized spacial score (nSPS) is 14.1. The number of aryl methyl sites for hydroxylation is 2. The third-order valence-corrected chi connectivity index (χ3v) is 4.60. The number of anilines is 1. The molecule has 1 atom stereocenters. The van der Waals surface area contributed by atoms with E-state index in [2.05, 4.69) is 10.1 Å². The second-order valence-corrected chi connectivity index (χ2v) is 6.60. The standard InChI is InChI=1S/C21H21F2NO4/c1-13(19(25)24-17-8-4-5-9-18(17)28-21(22)23)27-20(26)16-11-10-14-6-2-3-7-15(14)12-16/h4-5,8-13,21H,2-3,6-7H2,1H3,(H,24,25)/t13-/m0/s1. The van der Waals surface area contributed by atoms with Gasteiger partial charge in [-0.1, -0.05) is 18.2 Å². The Hall–Kier alpha value is -2.96. The first-order chi connectivity index (χ1) is 13.4. The molecule has 28 heavy (non-hydrogen) atoms. The van der Waals surface area contributed by atoms with E-state index in [4.69, 9.17) is 4.74 Å². The molecule has 0 spiro atoms. The van der Waals surface area contributed by atoms with Gasteiger partial charge in [-0.25, -0.2) is 4.79 Å². The fraction of sp³-hybridized carbons (Fsp3) is 0.333. The first kappa shape index (κ1) is 19.8. The largest absolute Gasteiger partial charge is 0.449 e. The maximum absolute atomic E-state index is 12.5. The van der Waals surface area contributed by atoms with Gasteiger partial charge >= 0.3 is 12.6 Å². The molecule has 0 heterocycles. The quantitative estimate of drug-likeness (QED) is 0.746. The van der Waals surface area contributed by atoms with Crippen molar-refractivity contribution in [3.63, 3.8) is 0 Å². The van der Waals surface area contributed by atoms with Gasteiger partial charge in [0, 0.05) is 0 Å². The first-order valence-electron chi connectivity index (χ1n) is 9.11. The van der Waals surface area contributed by atoms with Crippen LogP contribution in [0.3, 0.4) is 0 Å². The second kappa shape index (κ2) is 8.82. The number of alkyl halides is 2. The van der Waals surface area contributed by atoms with Crippen molar-refractivity contribution in [2.24, 2.45) is 0 Å². The number of carbonyl (C=O) groups excluding carboxylic acids is 2. The maximum atomic E-state index is 12.5. The molecule has 0 aromatic heterocycles. The van der Waals surface area contributed by atoms with E-state index in [0.29, 0.717) is 5.56 Å². The highest BCUT2D eigenvalue weighted by Gasteiger charge is 2.21. The van der Waals surface area contributed by atoms with E-state index < -0.39 is 24.6 Å². The molecule has 5 nitrogen and oxygen atoms in total. The Labute approximate surface area is 161 Å². The van der Waals surface area contributed by atoms with Crippen LogP contribution in [0, 0.1) is 0 Å². The fourth-order valence-electron chi connectivity index (χ4n) is 3.15. The summed E-state index contributed by atoms with van der Waals surface area (Å²) in [7, 11) is 0. The number of benzene rings is 2. The number of amides is 1. The average Bonchev–Trinajstić information content (AvgIpc) is 2.68. The molecule has 0 saturated carbocycles. The number of ether oxygens (including phenoxy) is 2. The summed E-state index contributed by atoms with van der Waals surface area (Å²) in [4.78, 5) is 24.7. The highest BCUT2D eigenvalue weighted by Crippen LogP contribution is 2.26. The predicted octanol–water partition coefficient (Wildman–Crippen LogP) is 4.35. The van der Waals surface area contributed by atoms with E-state index in [1.165, 1.54) is 30.7 Å². The number of fused-ring (bicyclic) bond motifs is 1. The van der Waals surface area contributed by atoms with E-state index in [9.17, 15) is 18.4 Å². The minimum absolute atomic E-state index is 0.0736. The van der Waals surface area contributed by atoms with Gasteiger partial charge in [0.2, 0.25) is 0 Å². The lowest BCUT2D eigenvalue weighted by Gasteiger charge is -2.18. The molecule has 148 valence electrons. The molecule has 0 bridgehead atoms. The topological polar surface area (TPSA) is 64.6 Å². The molecule has 0 fully saturated rings. The van der Waals surface area contributed by atoms with Crippen molar-refractivity contribution in [3.8, 4) is 5.75 Å². The first-order valence-corrected chi connectivity index (χ1v) is 9.11. The van der Waals surface area contributed by atoms with Crippen molar-refractivity contribution in [1.82, 2.24) is 0 Å². The average molecular weight is 389 g/mol. The van der Waals surface area contributed by atoms with Gasteiger partial charge in [0.15, 0.2) is 6.10 Å². The van der Waals surface area contributed by atoms with Crippen LogP contribution in [-0.2, 0) is 22.4 Å². The van der Waals surface area contributed by atoms with Crippen LogP contribution in [0.1, 0.15) is 41.3 Å². The van der Waals surface area contributed by atoms with E-state index in [1.807, 2.05) is 12.1 Å². The smallest absolute Gasteiger partial charge is 0.387 e. The van der Waals surface area contributed by atoms with Crippen molar-refractivity contribution in [1.29, 1.82) is 0 Å². The van der Waals surface area contributed by atoms with Gasteiger partial charge in [-0.2, -0.15) is 8.78 Å². The van der Waals surface area contributed by atoms with Crippen LogP contribution in [0.2, 0.25) is 0 Å². The van der Waals surface area contributed by atoms with Crippen LogP contribution < -0.4 is 10.1 Å². The Kier molecular flexibility index (Phi) is 6.23. The Morgan fingerprint density at radius 3 is 2.50 bits per heavy atom. The molecular formula is C21H21F2NO4. The van der Waals surface area contributed by atoms with E-state index in [0.717, 1.165) is 31.2 Å². The zero-order valence-electron chi connectivity index (χ0n) is 15.4. The molecule has 0 saturated heterocycles. The molecule has 0 radical (unpaired) electrons. The summed E-state index contributed by atoms with van der Waals surface area (Å²) >= 11 is 0. The van der Waals surface area contributed by atoms with E-state index in [-0.39, 0.29) is 11.4 Å². The lowest BCUT2D eigenvalue weighted by atomic mass is 9.90. The summed E-state index contributed by atoms with van der Waals surface area (Å²) < 4.78 is 34.6. The Balaban J connectivity index is 1.64. The van der Waals surface area contributed by atoms with Gasteiger partial charge in [0.25, 0.3) is 5.91 Å². The SMILES string of the molecule is C[C@H](OC(=O)c1ccc2c(c1)CCCC2)C(=O)Nc1ccccc1OC(F)F. The predicted molar refractivity (Wildman–Crippen MR) is 99.7 cm³/mol. The number of carbonyl (C=O) groups is 2. The van der Waals surface area contributed by atoms with Gasteiger partial charge in [0.05, 0.1) is 11.3 Å². The molecule has 7 heteroatoms. The maximum Gasteiger partial charge on any atom is 0.387 e. The van der Waals surface area contributed by atoms with Gasteiger partial charge in [-0.3, -0.25) is 4.79 Å².